The highest BCUT2D eigenvalue weighted by Gasteiger charge is 2.43. The van der Waals surface area contributed by atoms with Gasteiger partial charge in [-0.1, -0.05) is 74.3 Å². The van der Waals surface area contributed by atoms with Crippen LogP contribution in [0.5, 0.6) is 0 Å². The van der Waals surface area contributed by atoms with E-state index in [0.29, 0.717) is 45.5 Å². The van der Waals surface area contributed by atoms with Crippen LogP contribution in [0.15, 0.2) is 83.3 Å². The molecule has 188 valence electrons. The van der Waals surface area contributed by atoms with Crippen LogP contribution in [0.25, 0.3) is 0 Å². The number of carbonyl (C=O) groups excluding carboxylic acids is 1. The number of ketones is 1. The van der Waals surface area contributed by atoms with E-state index in [9.17, 15) is 10.1 Å². The lowest BCUT2D eigenvalue weighted by Crippen LogP contribution is -2.40. The van der Waals surface area contributed by atoms with Gasteiger partial charge in [-0.05, 0) is 53.6 Å². The third kappa shape index (κ3) is 4.59. The zero-order valence-corrected chi connectivity index (χ0v) is 23.2. The minimum atomic E-state index is -0.496. The molecule has 2 N–H and O–H groups in total. The molecule has 0 saturated heterocycles. The van der Waals surface area contributed by atoms with E-state index in [1.807, 2.05) is 35.2 Å². The molecule has 2 aliphatic rings. The second-order valence-corrected chi connectivity index (χ2v) is 12.5. The van der Waals surface area contributed by atoms with Crippen molar-refractivity contribution in [1.82, 2.24) is 0 Å². The standard InChI is InChI=1S/C30H27Cl2N3OS/c1-30(2,3)26-12-11-25(37-26)27-20(16-33)29(34)35(19-9-10-21(31)22(32)15-19)23-13-18(14-24(36)28(23)27)17-7-5-4-6-8-17/h4-12,15,18,27H,13-14,34H2,1-3H3/t18-,27+/m0/s1. The molecule has 2 aromatic carbocycles. The summed E-state index contributed by atoms with van der Waals surface area (Å²) in [5, 5.41) is 11.1. The van der Waals surface area contributed by atoms with Gasteiger partial charge in [0.15, 0.2) is 5.78 Å². The molecule has 0 unspecified atom stereocenters. The maximum Gasteiger partial charge on any atom is 0.162 e. The minimum absolute atomic E-state index is 0.00304. The van der Waals surface area contributed by atoms with Crippen LogP contribution in [-0.2, 0) is 10.2 Å². The van der Waals surface area contributed by atoms with Crippen LogP contribution in [0.3, 0.4) is 0 Å². The number of benzene rings is 2. The Hall–Kier alpha value is -3.04. The summed E-state index contributed by atoms with van der Waals surface area (Å²) in [6.07, 6.45) is 0.990. The predicted molar refractivity (Wildman–Crippen MR) is 152 cm³/mol. The van der Waals surface area contributed by atoms with Gasteiger partial charge in [0.1, 0.15) is 5.82 Å². The maximum atomic E-state index is 14.0. The Morgan fingerprint density at radius 2 is 1.76 bits per heavy atom. The number of allylic oxidation sites excluding steroid dienone is 3. The van der Waals surface area contributed by atoms with Crippen molar-refractivity contribution in [3.63, 3.8) is 0 Å². The maximum absolute atomic E-state index is 14.0. The lowest BCUT2D eigenvalue weighted by molar-refractivity contribution is -0.116. The van der Waals surface area contributed by atoms with Gasteiger partial charge in [-0.2, -0.15) is 5.26 Å². The quantitative estimate of drug-likeness (QED) is 0.360. The number of rotatable bonds is 3. The molecule has 5 rings (SSSR count). The van der Waals surface area contributed by atoms with Crippen LogP contribution in [-0.4, -0.2) is 5.78 Å². The molecule has 2 atom stereocenters. The van der Waals surface area contributed by atoms with Gasteiger partial charge in [0.25, 0.3) is 0 Å². The zero-order chi connectivity index (χ0) is 26.5. The Kier molecular flexibility index (Phi) is 6.70. The SMILES string of the molecule is CC(C)(C)c1ccc([C@H]2C(C#N)=C(N)N(c3ccc(Cl)c(Cl)c3)C3=C2C(=O)C[C@@H](c2ccccc2)C3)s1. The number of thiophene rings is 1. The van der Waals surface area contributed by atoms with Gasteiger partial charge < -0.3 is 5.73 Å². The second-order valence-electron chi connectivity index (χ2n) is 10.5. The normalized spacial score (nSPS) is 20.2. The number of Topliss-reactive ketones (excluding diaryl/α,β-unsaturated/α-hetero) is 1. The molecule has 0 fully saturated rings. The molecule has 0 spiro atoms. The third-order valence-electron chi connectivity index (χ3n) is 7.05. The Morgan fingerprint density at radius 1 is 1.03 bits per heavy atom. The van der Waals surface area contributed by atoms with Gasteiger partial charge in [0.05, 0.1) is 27.6 Å². The highest BCUT2D eigenvalue weighted by atomic mass is 35.5. The lowest BCUT2D eigenvalue weighted by atomic mass is 9.73. The number of nitrogens with zero attached hydrogens (tertiary/aromatic N) is 2. The van der Waals surface area contributed by atoms with Crippen LogP contribution in [0.4, 0.5) is 5.69 Å². The fraction of sp³-hybridized carbons (Fsp3) is 0.267. The van der Waals surface area contributed by atoms with Crippen molar-refractivity contribution < 1.29 is 4.79 Å². The molecule has 4 nitrogen and oxygen atoms in total. The first-order valence-electron chi connectivity index (χ1n) is 12.2. The van der Waals surface area contributed by atoms with Crippen LogP contribution in [0, 0.1) is 11.3 Å². The van der Waals surface area contributed by atoms with Crippen molar-refractivity contribution in [2.24, 2.45) is 5.73 Å². The van der Waals surface area contributed by atoms with Gasteiger partial charge in [0.2, 0.25) is 0 Å². The number of carbonyl (C=O) groups is 1. The molecule has 1 aliphatic carbocycles. The number of hydrogen-bond donors (Lipinski definition) is 1. The average Bonchev–Trinajstić information content (AvgIpc) is 3.36. The van der Waals surface area contributed by atoms with Crippen molar-refractivity contribution in [3.05, 3.63) is 109 Å². The van der Waals surface area contributed by atoms with Crippen molar-refractivity contribution in [1.29, 1.82) is 5.26 Å². The first-order valence-corrected chi connectivity index (χ1v) is 13.7. The van der Waals surface area contributed by atoms with Gasteiger partial charge in [-0.3, -0.25) is 9.69 Å². The van der Waals surface area contributed by atoms with E-state index in [2.05, 4.69) is 45.0 Å². The molecule has 0 amide bonds. The van der Waals surface area contributed by atoms with Crippen molar-refractivity contribution in [2.45, 2.75) is 50.9 Å². The molecule has 3 aromatic rings. The largest absolute Gasteiger partial charge is 0.384 e. The zero-order valence-electron chi connectivity index (χ0n) is 20.9. The molecule has 1 aliphatic heterocycles. The minimum Gasteiger partial charge on any atom is -0.384 e. The Labute approximate surface area is 231 Å². The van der Waals surface area contributed by atoms with E-state index >= 15 is 0 Å². The van der Waals surface area contributed by atoms with Crippen molar-refractivity contribution in [3.8, 4) is 6.07 Å². The van der Waals surface area contributed by atoms with Gasteiger partial charge in [-0.25, -0.2) is 0 Å². The summed E-state index contributed by atoms with van der Waals surface area (Å²) in [5.74, 6) is -0.138. The van der Waals surface area contributed by atoms with Crippen LogP contribution in [0.1, 0.15) is 60.8 Å². The fourth-order valence-corrected chi connectivity index (χ4v) is 6.68. The number of halogens is 2. The fourth-order valence-electron chi connectivity index (χ4n) is 5.20. The number of anilines is 1. The number of nitrogens with two attached hydrogens (primary N) is 1. The van der Waals surface area contributed by atoms with Crippen LogP contribution in [0.2, 0.25) is 10.0 Å². The van der Waals surface area contributed by atoms with E-state index < -0.39 is 5.92 Å². The predicted octanol–water partition coefficient (Wildman–Crippen LogP) is 8.05. The molecule has 0 radical (unpaired) electrons. The summed E-state index contributed by atoms with van der Waals surface area (Å²) in [6, 6.07) is 21.8. The first-order chi connectivity index (χ1) is 17.6. The van der Waals surface area contributed by atoms with E-state index in [1.165, 1.54) is 4.88 Å². The van der Waals surface area contributed by atoms with E-state index in [0.717, 1.165) is 16.1 Å². The number of nitriles is 1. The summed E-state index contributed by atoms with van der Waals surface area (Å²) in [7, 11) is 0. The van der Waals surface area contributed by atoms with Gasteiger partial charge >= 0.3 is 0 Å². The van der Waals surface area contributed by atoms with Crippen LogP contribution < -0.4 is 10.6 Å². The Morgan fingerprint density at radius 3 is 2.38 bits per heavy atom. The first kappa shape index (κ1) is 25.6. The number of hydrogen-bond acceptors (Lipinski definition) is 5. The van der Waals surface area contributed by atoms with E-state index in [4.69, 9.17) is 28.9 Å². The highest BCUT2D eigenvalue weighted by Crippen LogP contribution is 2.51. The van der Waals surface area contributed by atoms with Crippen molar-refractivity contribution in [2.75, 3.05) is 4.90 Å². The van der Waals surface area contributed by atoms with E-state index in [1.54, 1.807) is 23.5 Å². The highest BCUT2D eigenvalue weighted by molar-refractivity contribution is 7.12. The lowest BCUT2D eigenvalue weighted by Gasteiger charge is -2.41. The Balaban J connectivity index is 1.72. The van der Waals surface area contributed by atoms with Gasteiger partial charge in [-0.15, -0.1) is 11.3 Å². The molecule has 2 heterocycles. The summed E-state index contributed by atoms with van der Waals surface area (Å²) in [4.78, 5) is 17.9. The van der Waals surface area contributed by atoms with Crippen LogP contribution >= 0.6 is 34.5 Å². The van der Waals surface area contributed by atoms with Crippen molar-refractivity contribution >= 4 is 46.0 Å². The monoisotopic (exact) mass is 547 g/mol. The topological polar surface area (TPSA) is 70.1 Å². The van der Waals surface area contributed by atoms with Gasteiger partial charge in [0, 0.05) is 33.1 Å². The summed E-state index contributed by atoms with van der Waals surface area (Å²) >= 11 is 14.2. The summed E-state index contributed by atoms with van der Waals surface area (Å²) in [6.45, 7) is 6.48. The summed E-state index contributed by atoms with van der Waals surface area (Å²) in [5.41, 5.74) is 10.3. The Bertz CT molecular complexity index is 1490. The molecule has 37 heavy (non-hydrogen) atoms. The molecule has 1 aromatic heterocycles. The molecule has 0 saturated carbocycles. The molecular formula is C30H27Cl2N3OS. The summed E-state index contributed by atoms with van der Waals surface area (Å²) < 4.78 is 0. The molecule has 7 heteroatoms. The smallest absolute Gasteiger partial charge is 0.162 e. The second kappa shape index (κ2) is 9.68. The van der Waals surface area contributed by atoms with E-state index in [-0.39, 0.29) is 17.1 Å². The molecule has 0 bridgehead atoms. The third-order valence-corrected chi connectivity index (χ3v) is 9.37. The molecular weight excluding hydrogens is 521 g/mol. The average molecular weight is 549 g/mol.